The zero-order chi connectivity index (χ0) is 15.2. The number of oxime groups is 1. The second-order valence-corrected chi connectivity index (χ2v) is 4.76. The first kappa shape index (κ1) is 14.8. The fourth-order valence-corrected chi connectivity index (χ4v) is 2.22. The van der Waals surface area contributed by atoms with E-state index in [1.807, 2.05) is 31.2 Å². The summed E-state index contributed by atoms with van der Waals surface area (Å²) >= 11 is 0. The third-order valence-corrected chi connectivity index (χ3v) is 3.30. The molecule has 1 unspecified atom stereocenters. The molecule has 2 aromatic rings. The Morgan fingerprint density at radius 2 is 2.29 bits per heavy atom. The van der Waals surface area contributed by atoms with Gasteiger partial charge in [-0.1, -0.05) is 30.6 Å². The van der Waals surface area contributed by atoms with E-state index in [2.05, 4.69) is 15.5 Å². The van der Waals surface area contributed by atoms with Crippen LogP contribution < -0.4 is 11.1 Å². The van der Waals surface area contributed by atoms with E-state index in [1.165, 1.54) is 0 Å². The molecule has 0 fully saturated rings. The number of nitrogens with zero attached hydrogens (tertiary/aromatic N) is 2. The maximum atomic E-state index is 12.3. The molecule has 1 aromatic heterocycles. The monoisotopic (exact) mass is 286 g/mol. The number of fused-ring (bicyclic) bond motifs is 1. The molecular formula is C15H18N4O2. The molecule has 1 aromatic carbocycles. The first-order valence-corrected chi connectivity index (χ1v) is 6.78. The van der Waals surface area contributed by atoms with E-state index in [0.717, 1.165) is 17.2 Å². The number of carbonyl (C=O) groups excluding carboxylic acids is 1. The molecule has 0 aliphatic heterocycles. The molecule has 0 saturated carbocycles. The number of amidine groups is 1. The van der Waals surface area contributed by atoms with E-state index in [-0.39, 0.29) is 11.7 Å². The Hall–Kier alpha value is -2.63. The van der Waals surface area contributed by atoms with E-state index in [1.54, 1.807) is 12.4 Å². The van der Waals surface area contributed by atoms with Gasteiger partial charge in [0.2, 0.25) is 5.91 Å². The van der Waals surface area contributed by atoms with Crippen LogP contribution >= 0.6 is 0 Å². The lowest BCUT2D eigenvalue weighted by atomic mass is 10.0. The Bertz CT molecular complexity index is 664. The number of pyridine rings is 1. The highest BCUT2D eigenvalue weighted by Gasteiger charge is 2.22. The maximum Gasteiger partial charge on any atom is 0.235 e. The summed E-state index contributed by atoms with van der Waals surface area (Å²) in [5.74, 6) is -0.996. The normalized spacial score (nSPS) is 13.1. The Morgan fingerprint density at radius 1 is 1.48 bits per heavy atom. The number of nitrogens with one attached hydrogen (secondary N) is 1. The van der Waals surface area contributed by atoms with Gasteiger partial charge in [0.05, 0.1) is 5.92 Å². The molecule has 2 rings (SSSR count). The first-order chi connectivity index (χ1) is 10.2. The average molecular weight is 286 g/mol. The molecule has 110 valence electrons. The van der Waals surface area contributed by atoms with Crippen molar-refractivity contribution in [2.75, 3.05) is 5.32 Å². The fourth-order valence-electron chi connectivity index (χ4n) is 2.22. The molecular weight excluding hydrogens is 268 g/mol. The summed E-state index contributed by atoms with van der Waals surface area (Å²) in [5.41, 5.74) is 6.29. The predicted octanol–water partition coefficient (Wildman–Crippen LogP) is 2.34. The standard InChI is InChI=1S/C15H18N4O2/c1-2-4-12(14(16)19-21)15(20)18-13-6-3-5-10-9-17-8-7-11(10)13/h3,5-9,12,21H,2,4H2,1H3,(H2,16,19)(H,18,20). The van der Waals surface area contributed by atoms with Crippen molar-refractivity contribution in [3.8, 4) is 0 Å². The van der Waals surface area contributed by atoms with Gasteiger partial charge in [-0.25, -0.2) is 0 Å². The van der Waals surface area contributed by atoms with Gasteiger partial charge in [-0.2, -0.15) is 0 Å². The highest BCUT2D eigenvalue weighted by Crippen LogP contribution is 2.23. The number of hydrogen-bond acceptors (Lipinski definition) is 4. The second-order valence-electron chi connectivity index (χ2n) is 4.76. The third-order valence-electron chi connectivity index (χ3n) is 3.30. The fraction of sp³-hybridized carbons (Fsp3) is 0.267. The molecule has 0 aliphatic rings. The predicted molar refractivity (Wildman–Crippen MR) is 82.2 cm³/mol. The Kier molecular flexibility index (Phi) is 4.71. The number of amides is 1. The summed E-state index contributed by atoms with van der Waals surface area (Å²) < 4.78 is 0. The van der Waals surface area contributed by atoms with E-state index in [4.69, 9.17) is 10.9 Å². The molecule has 0 aliphatic carbocycles. The van der Waals surface area contributed by atoms with Crippen molar-refractivity contribution < 1.29 is 10.0 Å². The smallest absolute Gasteiger partial charge is 0.235 e. The molecule has 0 bridgehead atoms. The number of benzene rings is 1. The summed E-state index contributed by atoms with van der Waals surface area (Å²) in [6.07, 6.45) is 4.69. The summed E-state index contributed by atoms with van der Waals surface area (Å²) in [5, 5.41) is 16.4. The van der Waals surface area contributed by atoms with Crippen molar-refractivity contribution in [2.45, 2.75) is 19.8 Å². The van der Waals surface area contributed by atoms with E-state index >= 15 is 0 Å². The van der Waals surface area contributed by atoms with Crippen LogP contribution in [-0.4, -0.2) is 21.9 Å². The molecule has 1 amide bonds. The summed E-state index contributed by atoms with van der Waals surface area (Å²) in [7, 11) is 0. The highest BCUT2D eigenvalue weighted by molar-refractivity contribution is 6.10. The number of rotatable bonds is 5. The minimum absolute atomic E-state index is 0.0729. The summed E-state index contributed by atoms with van der Waals surface area (Å²) in [4.78, 5) is 16.4. The van der Waals surface area contributed by atoms with Gasteiger partial charge < -0.3 is 16.3 Å². The lowest BCUT2D eigenvalue weighted by Gasteiger charge is -2.15. The van der Waals surface area contributed by atoms with Crippen LogP contribution in [-0.2, 0) is 4.79 Å². The summed E-state index contributed by atoms with van der Waals surface area (Å²) in [6.45, 7) is 1.94. The van der Waals surface area contributed by atoms with Gasteiger partial charge in [0.15, 0.2) is 5.84 Å². The lowest BCUT2D eigenvalue weighted by molar-refractivity contribution is -0.118. The molecule has 0 spiro atoms. The molecule has 1 heterocycles. The SMILES string of the molecule is CCCC(C(=O)Nc1cccc2cnccc12)C(N)=NO. The van der Waals surface area contributed by atoms with Crippen LogP contribution in [0.1, 0.15) is 19.8 Å². The van der Waals surface area contributed by atoms with Crippen molar-refractivity contribution in [1.29, 1.82) is 0 Å². The van der Waals surface area contributed by atoms with E-state index in [9.17, 15) is 4.79 Å². The first-order valence-electron chi connectivity index (χ1n) is 6.78. The highest BCUT2D eigenvalue weighted by atomic mass is 16.4. The van der Waals surface area contributed by atoms with Crippen molar-refractivity contribution in [2.24, 2.45) is 16.8 Å². The maximum absolute atomic E-state index is 12.3. The minimum Gasteiger partial charge on any atom is -0.409 e. The number of nitrogens with two attached hydrogens (primary N) is 1. The zero-order valence-corrected chi connectivity index (χ0v) is 11.8. The number of carbonyl (C=O) groups is 1. The van der Waals surface area contributed by atoms with Gasteiger partial charge in [0.25, 0.3) is 0 Å². The van der Waals surface area contributed by atoms with Gasteiger partial charge in [0, 0.05) is 28.9 Å². The lowest BCUT2D eigenvalue weighted by Crippen LogP contribution is -2.34. The van der Waals surface area contributed by atoms with Gasteiger partial charge in [-0.15, -0.1) is 0 Å². The van der Waals surface area contributed by atoms with Crippen LogP contribution in [0.2, 0.25) is 0 Å². The summed E-state index contributed by atoms with van der Waals surface area (Å²) in [6, 6.07) is 7.42. The van der Waals surface area contributed by atoms with E-state index < -0.39 is 5.92 Å². The number of aromatic nitrogens is 1. The van der Waals surface area contributed by atoms with Crippen molar-refractivity contribution in [3.63, 3.8) is 0 Å². The topological polar surface area (TPSA) is 101 Å². The number of anilines is 1. The molecule has 21 heavy (non-hydrogen) atoms. The second kappa shape index (κ2) is 6.69. The van der Waals surface area contributed by atoms with Crippen LogP contribution in [0.5, 0.6) is 0 Å². The Labute approximate surface area is 122 Å². The largest absolute Gasteiger partial charge is 0.409 e. The van der Waals surface area contributed by atoms with Gasteiger partial charge >= 0.3 is 0 Å². The van der Waals surface area contributed by atoms with Crippen molar-refractivity contribution in [3.05, 3.63) is 36.7 Å². The van der Waals surface area contributed by atoms with E-state index in [0.29, 0.717) is 12.1 Å². The number of hydrogen-bond donors (Lipinski definition) is 3. The van der Waals surface area contributed by atoms with Crippen LogP contribution in [0.4, 0.5) is 5.69 Å². The molecule has 4 N–H and O–H groups in total. The van der Waals surface area contributed by atoms with Gasteiger partial charge in [-0.3, -0.25) is 9.78 Å². The molecule has 6 heteroatoms. The van der Waals surface area contributed by atoms with Crippen LogP contribution in [0, 0.1) is 5.92 Å². The van der Waals surface area contributed by atoms with Crippen molar-refractivity contribution >= 4 is 28.2 Å². The minimum atomic E-state index is -0.642. The zero-order valence-electron chi connectivity index (χ0n) is 11.8. The molecule has 0 radical (unpaired) electrons. The third kappa shape index (κ3) is 3.28. The van der Waals surface area contributed by atoms with Gasteiger partial charge in [0.1, 0.15) is 0 Å². The Balaban J connectivity index is 2.28. The quantitative estimate of drug-likeness (QED) is 0.340. The van der Waals surface area contributed by atoms with Crippen molar-refractivity contribution in [1.82, 2.24) is 4.98 Å². The molecule has 6 nitrogen and oxygen atoms in total. The van der Waals surface area contributed by atoms with Crippen LogP contribution in [0.3, 0.4) is 0 Å². The van der Waals surface area contributed by atoms with Gasteiger partial charge in [-0.05, 0) is 18.6 Å². The van der Waals surface area contributed by atoms with Crippen LogP contribution in [0.15, 0.2) is 41.8 Å². The Morgan fingerprint density at radius 3 is 3.00 bits per heavy atom. The average Bonchev–Trinajstić information content (AvgIpc) is 2.52. The molecule has 0 saturated heterocycles. The van der Waals surface area contributed by atoms with Crippen LogP contribution in [0.25, 0.3) is 10.8 Å². The molecule has 1 atom stereocenters.